The molecule has 172 valence electrons. The van der Waals surface area contributed by atoms with E-state index in [1.807, 2.05) is 32.9 Å². The van der Waals surface area contributed by atoms with Crippen LogP contribution in [0.4, 0.5) is 17.3 Å². The van der Waals surface area contributed by atoms with Crippen LogP contribution in [0.15, 0.2) is 24.5 Å². The predicted molar refractivity (Wildman–Crippen MR) is 125 cm³/mol. The number of fused-ring (bicyclic) bond motifs is 1. The quantitative estimate of drug-likeness (QED) is 0.472. The fourth-order valence-corrected chi connectivity index (χ4v) is 3.31. The highest BCUT2D eigenvalue weighted by atomic mass is 16.7. The Kier molecular flexibility index (Phi) is 7.17. The number of rotatable bonds is 9. The van der Waals surface area contributed by atoms with Crippen LogP contribution in [0.5, 0.6) is 5.75 Å². The van der Waals surface area contributed by atoms with Gasteiger partial charge in [-0.2, -0.15) is 0 Å². The minimum Gasteiger partial charge on any atom is -0.494 e. The van der Waals surface area contributed by atoms with E-state index in [0.29, 0.717) is 17.4 Å². The van der Waals surface area contributed by atoms with E-state index >= 15 is 0 Å². The van der Waals surface area contributed by atoms with Gasteiger partial charge in [-0.05, 0) is 39.7 Å². The highest BCUT2D eigenvalue weighted by Crippen LogP contribution is 2.34. The molecular weight excluding hydrogens is 408 g/mol. The highest BCUT2D eigenvalue weighted by Gasteiger charge is 2.20. The smallest absolute Gasteiger partial charge is 0.222 e. The molecule has 2 N–H and O–H groups in total. The number of carbonyl (C=O) groups is 1. The van der Waals surface area contributed by atoms with E-state index < -0.39 is 5.60 Å². The summed E-state index contributed by atoms with van der Waals surface area (Å²) in [4.78, 5) is 27.3. The van der Waals surface area contributed by atoms with Crippen molar-refractivity contribution in [3.63, 3.8) is 0 Å². The second kappa shape index (κ2) is 9.84. The second-order valence-corrected chi connectivity index (χ2v) is 8.64. The molecule has 0 spiro atoms. The number of unbranched alkanes of at least 4 members (excludes halogenated alkanes) is 2. The van der Waals surface area contributed by atoms with Crippen molar-refractivity contribution >= 4 is 34.1 Å². The molecule has 0 bridgehead atoms. The largest absolute Gasteiger partial charge is 0.494 e. The summed E-state index contributed by atoms with van der Waals surface area (Å²) in [5.41, 5.74) is 2.16. The van der Waals surface area contributed by atoms with Gasteiger partial charge >= 0.3 is 0 Å². The Morgan fingerprint density at radius 3 is 2.53 bits per heavy atom. The molecule has 2 aromatic heterocycles. The maximum Gasteiger partial charge on any atom is 0.222 e. The Labute approximate surface area is 188 Å². The molecular formula is C23H32N6O3. The molecule has 0 saturated heterocycles. The van der Waals surface area contributed by atoms with Gasteiger partial charge in [-0.1, -0.05) is 24.6 Å². The molecule has 0 atom stereocenters. The standard InChI is InChI=1S/C23H32N6O3/c1-7-8-9-10-17-16-11-18(27-22-13-21(24-14-25-22)26-15(2)30)20(31-6)12-19(16)29(28-17)32-23(3,4)5/h11-14H,7-10H2,1-6H3,(H2,24,25,26,27,30). The van der Waals surface area contributed by atoms with Gasteiger partial charge in [0.15, 0.2) is 0 Å². The van der Waals surface area contributed by atoms with Crippen molar-refractivity contribution in [1.82, 2.24) is 19.9 Å². The number of hydrogen-bond donors (Lipinski definition) is 2. The van der Waals surface area contributed by atoms with Gasteiger partial charge in [0, 0.05) is 24.4 Å². The van der Waals surface area contributed by atoms with Crippen LogP contribution in [0.2, 0.25) is 0 Å². The summed E-state index contributed by atoms with van der Waals surface area (Å²) in [6, 6.07) is 5.58. The van der Waals surface area contributed by atoms with E-state index in [4.69, 9.17) is 14.7 Å². The summed E-state index contributed by atoms with van der Waals surface area (Å²) < 4.78 is 5.64. The van der Waals surface area contributed by atoms with Crippen LogP contribution in [-0.2, 0) is 11.2 Å². The lowest BCUT2D eigenvalue weighted by atomic mass is 10.1. The van der Waals surface area contributed by atoms with Crippen molar-refractivity contribution in [2.45, 2.75) is 65.9 Å². The van der Waals surface area contributed by atoms with Crippen LogP contribution >= 0.6 is 0 Å². The van der Waals surface area contributed by atoms with E-state index in [-0.39, 0.29) is 5.91 Å². The van der Waals surface area contributed by atoms with Crippen molar-refractivity contribution in [2.24, 2.45) is 0 Å². The van der Waals surface area contributed by atoms with Crippen molar-refractivity contribution < 1.29 is 14.4 Å². The molecule has 9 heteroatoms. The summed E-state index contributed by atoms with van der Waals surface area (Å²) in [6.45, 7) is 9.59. The summed E-state index contributed by atoms with van der Waals surface area (Å²) in [7, 11) is 1.61. The first-order valence-corrected chi connectivity index (χ1v) is 10.9. The molecule has 0 aliphatic rings. The number of nitrogens with zero attached hydrogens (tertiary/aromatic N) is 4. The van der Waals surface area contributed by atoms with Gasteiger partial charge in [-0.3, -0.25) is 4.79 Å². The van der Waals surface area contributed by atoms with Crippen molar-refractivity contribution in [3.8, 4) is 5.75 Å². The Morgan fingerprint density at radius 2 is 1.88 bits per heavy atom. The zero-order chi connectivity index (χ0) is 23.3. The predicted octanol–water partition coefficient (Wildman–Crippen LogP) is 4.50. The van der Waals surface area contributed by atoms with E-state index in [2.05, 4.69) is 27.5 Å². The zero-order valence-electron chi connectivity index (χ0n) is 19.7. The van der Waals surface area contributed by atoms with E-state index in [9.17, 15) is 4.79 Å². The molecule has 32 heavy (non-hydrogen) atoms. The third kappa shape index (κ3) is 5.87. The van der Waals surface area contributed by atoms with Crippen molar-refractivity contribution in [1.29, 1.82) is 0 Å². The normalized spacial score (nSPS) is 11.4. The van der Waals surface area contributed by atoms with Crippen LogP contribution in [0.25, 0.3) is 10.9 Å². The molecule has 0 radical (unpaired) electrons. The topological polar surface area (TPSA) is 103 Å². The highest BCUT2D eigenvalue weighted by molar-refractivity contribution is 5.90. The number of methoxy groups -OCH3 is 1. The number of ether oxygens (including phenoxy) is 1. The second-order valence-electron chi connectivity index (χ2n) is 8.64. The van der Waals surface area contributed by atoms with Gasteiger partial charge in [-0.25, -0.2) is 9.97 Å². The van der Waals surface area contributed by atoms with Gasteiger partial charge in [-0.15, -0.1) is 5.10 Å². The van der Waals surface area contributed by atoms with Crippen LogP contribution in [0.1, 0.15) is 59.6 Å². The average molecular weight is 441 g/mol. The van der Waals surface area contributed by atoms with E-state index in [0.717, 1.165) is 48.0 Å². The Hall–Kier alpha value is -3.36. The summed E-state index contributed by atoms with van der Waals surface area (Å²) in [5, 5.41) is 11.7. The summed E-state index contributed by atoms with van der Waals surface area (Å²) in [5.74, 6) is 1.38. The SMILES string of the molecule is CCCCCc1nn(OC(C)(C)C)c2cc(OC)c(Nc3cc(NC(C)=O)ncn3)cc12. The van der Waals surface area contributed by atoms with Gasteiger partial charge in [0.2, 0.25) is 5.91 Å². The molecule has 0 aliphatic heterocycles. The average Bonchev–Trinajstić information content (AvgIpc) is 3.02. The van der Waals surface area contributed by atoms with Crippen LogP contribution in [0.3, 0.4) is 0 Å². The maximum absolute atomic E-state index is 11.3. The molecule has 0 unspecified atom stereocenters. The lowest BCUT2D eigenvalue weighted by Gasteiger charge is -2.20. The van der Waals surface area contributed by atoms with Gasteiger partial charge in [0.1, 0.15) is 34.8 Å². The number of aryl methyl sites for hydroxylation is 1. The maximum atomic E-state index is 11.3. The van der Waals surface area contributed by atoms with Crippen LogP contribution < -0.4 is 20.2 Å². The van der Waals surface area contributed by atoms with Crippen LogP contribution in [0, 0.1) is 0 Å². The molecule has 1 amide bonds. The number of hydrogen-bond acceptors (Lipinski definition) is 7. The van der Waals surface area contributed by atoms with Gasteiger partial charge in [0.05, 0.1) is 18.5 Å². The Morgan fingerprint density at radius 1 is 1.12 bits per heavy atom. The molecule has 3 rings (SSSR count). The number of aromatic nitrogens is 4. The third-order valence-corrected chi connectivity index (χ3v) is 4.66. The number of anilines is 3. The summed E-state index contributed by atoms with van der Waals surface area (Å²) in [6.07, 6.45) is 5.59. The first-order chi connectivity index (χ1) is 15.2. The Balaban J connectivity index is 2.03. The van der Waals surface area contributed by atoms with Gasteiger partial charge < -0.3 is 20.2 Å². The molecule has 9 nitrogen and oxygen atoms in total. The van der Waals surface area contributed by atoms with E-state index in [1.165, 1.54) is 13.3 Å². The fourth-order valence-electron chi connectivity index (χ4n) is 3.31. The number of benzene rings is 1. The molecule has 1 aromatic carbocycles. The lowest BCUT2D eigenvalue weighted by Crippen LogP contribution is -2.32. The van der Waals surface area contributed by atoms with Crippen LogP contribution in [-0.4, -0.2) is 38.5 Å². The number of nitrogens with one attached hydrogen (secondary N) is 2. The minimum atomic E-state index is -0.398. The summed E-state index contributed by atoms with van der Waals surface area (Å²) >= 11 is 0. The minimum absolute atomic E-state index is 0.198. The Bertz CT molecular complexity index is 1090. The lowest BCUT2D eigenvalue weighted by molar-refractivity contribution is -0.114. The number of amides is 1. The van der Waals surface area contributed by atoms with E-state index in [1.54, 1.807) is 18.0 Å². The monoisotopic (exact) mass is 440 g/mol. The van der Waals surface area contributed by atoms with Crippen molar-refractivity contribution in [3.05, 3.63) is 30.2 Å². The first kappa shape index (κ1) is 23.3. The third-order valence-electron chi connectivity index (χ3n) is 4.66. The molecule has 2 heterocycles. The first-order valence-electron chi connectivity index (χ1n) is 10.9. The molecule has 3 aromatic rings. The molecule has 0 fully saturated rings. The van der Waals surface area contributed by atoms with Crippen molar-refractivity contribution in [2.75, 3.05) is 17.7 Å². The molecule has 0 saturated carbocycles. The zero-order valence-corrected chi connectivity index (χ0v) is 19.7. The number of carbonyl (C=O) groups excluding carboxylic acids is 1. The fraction of sp³-hybridized carbons (Fsp3) is 0.478. The molecule has 0 aliphatic carbocycles. The van der Waals surface area contributed by atoms with Gasteiger partial charge in [0.25, 0.3) is 0 Å².